The highest BCUT2D eigenvalue weighted by atomic mass is 16.5. The fraction of sp³-hybridized carbons (Fsp3) is 0.390. The first-order valence-corrected chi connectivity index (χ1v) is 17.4. The zero-order chi connectivity index (χ0) is 35.2. The minimum Gasteiger partial charge on any atom is -0.544 e. The molecule has 8 rings (SSSR count). The molecule has 4 atom stereocenters. The van der Waals surface area contributed by atoms with Crippen LogP contribution >= 0.6 is 0 Å². The molecule has 0 saturated heterocycles. The van der Waals surface area contributed by atoms with E-state index in [1.807, 2.05) is 31.2 Å². The number of aliphatic carboxylic acids is 1. The van der Waals surface area contributed by atoms with Gasteiger partial charge in [-0.25, -0.2) is 0 Å². The largest absolute Gasteiger partial charge is 0.544 e. The number of hydrogen-bond donors (Lipinski definition) is 0. The van der Waals surface area contributed by atoms with E-state index in [-0.39, 0.29) is 12.1 Å². The van der Waals surface area contributed by atoms with Crippen LogP contribution in [-0.4, -0.2) is 69.9 Å². The van der Waals surface area contributed by atoms with Gasteiger partial charge in [0.25, 0.3) is 0 Å². The average Bonchev–Trinajstić information content (AvgIpc) is 3.11. The maximum atomic E-state index is 12.7. The minimum absolute atomic E-state index is 0.00350. The van der Waals surface area contributed by atoms with E-state index in [1.165, 1.54) is 5.56 Å². The summed E-state index contributed by atoms with van der Waals surface area (Å²) in [5, 5.41) is 12.7. The van der Waals surface area contributed by atoms with E-state index < -0.39 is 12.0 Å². The van der Waals surface area contributed by atoms with Crippen molar-refractivity contribution in [3.8, 4) is 40.2 Å². The van der Waals surface area contributed by atoms with Gasteiger partial charge >= 0.3 is 0 Å². The number of likely N-dealkylation sites (N-methyl/N-ethyl adjacent to an activating group) is 2. The molecular weight excluding hydrogens is 632 g/mol. The van der Waals surface area contributed by atoms with Crippen molar-refractivity contribution in [1.29, 1.82) is 0 Å². The molecule has 4 aromatic rings. The molecule has 0 aliphatic carbocycles. The summed E-state index contributed by atoms with van der Waals surface area (Å²) < 4.78 is 31.3. The molecule has 4 aromatic carbocycles. The van der Waals surface area contributed by atoms with Crippen LogP contribution in [0.1, 0.15) is 58.8 Å². The summed E-state index contributed by atoms with van der Waals surface area (Å²) in [6.07, 6.45) is 3.34. The molecular formula is C41H46N2O7. The maximum Gasteiger partial charge on any atom is 0.169 e. The van der Waals surface area contributed by atoms with Gasteiger partial charge in [-0.15, -0.1) is 0 Å². The van der Waals surface area contributed by atoms with E-state index in [0.29, 0.717) is 71.2 Å². The molecule has 0 radical (unpaired) electrons. The van der Waals surface area contributed by atoms with Crippen LogP contribution in [0.15, 0.2) is 66.7 Å². The monoisotopic (exact) mass is 678 g/mol. The van der Waals surface area contributed by atoms with Crippen molar-refractivity contribution in [2.75, 3.05) is 48.5 Å². The second-order valence-corrected chi connectivity index (χ2v) is 14.0. The van der Waals surface area contributed by atoms with Gasteiger partial charge in [0.2, 0.25) is 0 Å². The Hall–Kier alpha value is -4.73. The molecule has 6 bridgehead atoms. The minimum atomic E-state index is -1.03. The summed E-state index contributed by atoms with van der Waals surface area (Å²) >= 11 is 0. The van der Waals surface area contributed by atoms with E-state index >= 15 is 0 Å². The van der Waals surface area contributed by atoms with E-state index in [9.17, 15) is 9.90 Å². The lowest BCUT2D eigenvalue weighted by atomic mass is 9.84. The van der Waals surface area contributed by atoms with Crippen LogP contribution in [0.4, 0.5) is 0 Å². The first kappa shape index (κ1) is 33.8. The lowest BCUT2D eigenvalue weighted by Crippen LogP contribution is -2.63. The molecule has 50 heavy (non-hydrogen) atoms. The number of carboxylic acids is 1. The average molecular weight is 679 g/mol. The van der Waals surface area contributed by atoms with Gasteiger partial charge in [0.05, 0.1) is 40.9 Å². The topological polar surface area (TPSA) is 89.5 Å². The number of rotatable bonds is 6. The summed E-state index contributed by atoms with van der Waals surface area (Å²) in [4.78, 5) is 15.0. The molecule has 0 saturated carbocycles. The molecule has 4 aliphatic rings. The van der Waals surface area contributed by atoms with Crippen LogP contribution in [0, 0.1) is 0 Å². The lowest BCUT2D eigenvalue weighted by Gasteiger charge is -2.50. The van der Waals surface area contributed by atoms with E-state index in [2.05, 4.69) is 61.5 Å². The van der Waals surface area contributed by atoms with Gasteiger partial charge < -0.3 is 38.1 Å². The Labute approximate surface area is 294 Å². The van der Waals surface area contributed by atoms with Gasteiger partial charge in [-0.2, -0.15) is 0 Å². The molecule has 4 aliphatic heterocycles. The van der Waals surface area contributed by atoms with Gasteiger partial charge in [0, 0.05) is 49.0 Å². The highest BCUT2D eigenvalue weighted by Crippen LogP contribution is 2.48. The van der Waals surface area contributed by atoms with Crippen molar-refractivity contribution in [3.63, 3.8) is 0 Å². The smallest absolute Gasteiger partial charge is 0.169 e. The number of carbonyl (C=O) groups excluding carboxylic acids is 1. The predicted octanol–water partition coefficient (Wildman–Crippen LogP) is 6.20. The van der Waals surface area contributed by atoms with E-state index in [0.717, 1.165) is 46.5 Å². The summed E-state index contributed by atoms with van der Waals surface area (Å²) in [6, 6.07) is 21.6. The number of carboxylic acid groups (broad SMARTS) is 1. The summed E-state index contributed by atoms with van der Waals surface area (Å²) in [6.45, 7) is 3.47. The molecule has 0 spiro atoms. The Bertz CT molecular complexity index is 1910. The number of fused-ring (bicyclic) bond motifs is 2. The second-order valence-electron chi connectivity index (χ2n) is 14.0. The van der Waals surface area contributed by atoms with Gasteiger partial charge in [0.15, 0.2) is 23.0 Å². The number of carbonyl (C=O) groups is 1. The predicted molar refractivity (Wildman–Crippen MR) is 189 cm³/mol. The molecule has 9 heteroatoms. The van der Waals surface area contributed by atoms with Crippen molar-refractivity contribution in [1.82, 2.24) is 4.90 Å². The Kier molecular flexibility index (Phi) is 9.13. The zero-order valence-corrected chi connectivity index (χ0v) is 29.8. The van der Waals surface area contributed by atoms with Gasteiger partial charge in [-0.3, -0.25) is 4.90 Å². The summed E-state index contributed by atoms with van der Waals surface area (Å²) in [7, 11) is 9.21. The van der Waals surface area contributed by atoms with Crippen molar-refractivity contribution in [3.05, 3.63) is 100 Å². The first-order valence-electron chi connectivity index (χ1n) is 17.4. The third-order valence-corrected chi connectivity index (χ3v) is 11.2. The van der Waals surface area contributed by atoms with Crippen molar-refractivity contribution in [2.24, 2.45) is 0 Å². The van der Waals surface area contributed by atoms with Crippen LogP contribution in [-0.2, 0) is 30.5 Å². The lowest BCUT2D eigenvalue weighted by molar-refractivity contribution is -0.958. The van der Waals surface area contributed by atoms with Crippen LogP contribution in [0.3, 0.4) is 0 Å². The normalized spacial score (nSPS) is 21.8. The van der Waals surface area contributed by atoms with Crippen LogP contribution in [0.2, 0.25) is 0 Å². The Morgan fingerprint density at radius 3 is 2.30 bits per heavy atom. The highest BCUT2D eigenvalue weighted by Gasteiger charge is 2.45. The fourth-order valence-electron chi connectivity index (χ4n) is 8.42. The number of methoxy groups -OCH3 is 3. The zero-order valence-electron chi connectivity index (χ0n) is 29.8. The highest BCUT2D eigenvalue weighted by molar-refractivity contribution is 5.70. The van der Waals surface area contributed by atoms with E-state index in [4.69, 9.17) is 23.7 Å². The van der Waals surface area contributed by atoms with Gasteiger partial charge in [0.1, 0.15) is 29.3 Å². The van der Waals surface area contributed by atoms with Gasteiger partial charge in [-0.05, 0) is 84.6 Å². The Morgan fingerprint density at radius 2 is 1.60 bits per heavy atom. The first-order chi connectivity index (χ1) is 24.1. The third-order valence-electron chi connectivity index (χ3n) is 11.2. The number of nitrogens with zero attached hydrogens (tertiary/aromatic N) is 2. The molecule has 4 heterocycles. The standard InChI is InChI=1S/C41H46N2O7/c1-7-33(41(44)45)43(3)17-15-27-22-36(48-6)38-24-31(27)34(43)19-25-8-11-29(12-9-25)49-37-20-26(10-13-35(37)47-5)18-32-40-28(14-16-42(32)2)21-30(46-4)23-39(40)50-38/h8-13,20-24,32-34H,7,14-19H2,1-6H3. The maximum absolute atomic E-state index is 12.7. The quantitative estimate of drug-likeness (QED) is 0.223. The van der Waals surface area contributed by atoms with Crippen molar-refractivity contribution in [2.45, 2.75) is 57.2 Å². The van der Waals surface area contributed by atoms with Crippen LogP contribution < -0.4 is 28.8 Å². The van der Waals surface area contributed by atoms with Crippen molar-refractivity contribution < 1.29 is 38.1 Å². The molecule has 4 unspecified atom stereocenters. The van der Waals surface area contributed by atoms with Crippen LogP contribution in [0.25, 0.3) is 0 Å². The van der Waals surface area contributed by atoms with Crippen LogP contribution in [0.5, 0.6) is 40.2 Å². The van der Waals surface area contributed by atoms with Crippen molar-refractivity contribution >= 4 is 5.97 Å². The number of hydrogen-bond acceptors (Lipinski definition) is 8. The van der Waals surface area contributed by atoms with Gasteiger partial charge in [-0.1, -0.05) is 25.1 Å². The number of quaternary nitrogens is 1. The molecule has 0 amide bonds. The summed E-state index contributed by atoms with van der Waals surface area (Å²) in [5.74, 6) is 3.63. The molecule has 9 nitrogen and oxygen atoms in total. The SMILES string of the molecule is CCC(C(=O)[O-])[N+]1(C)CCc2cc(OC)c3cc2C1Cc1ccc(cc1)Oc1cc(ccc1OC)CC1c2c(cc(OC)cc2O3)CCN1C. The Balaban J connectivity index is 1.46. The van der Waals surface area contributed by atoms with E-state index in [1.54, 1.807) is 21.3 Å². The summed E-state index contributed by atoms with van der Waals surface area (Å²) in [5.41, 5.74) is 6.65. The second kappa shape index (κ2) is 13.5. The fourth-order valence-corrected chi connectivity index (χ4v) is 8.42. The molecule has 262 valence electrons. The number of benzene rings is 4. The Morgan fingerprint density at radius 1 is 0.860 bits per heavy atom. The molecule has 0 N–H and O–H groups in total. The molecule has 0 aromatic heterocycles. The number of ether oxygens (including phenoxy) is 5. The third kappa shape index (κ3) is 6.03. The molecule has 0 fully saturated rings.